The molecule has 32 heavy (non-hydrogen) atoms. The van der Waals surface area contributed by atoms with Gasteiger partial charge in [-0.3, -0.25) is 0 Å². The van der Waals surface area contributed by atoms with E-state index < -0.39 is 5.97 Å². The molecule has 0 amide bonds. The highest BCUT2D eigenvalue weighted by molar-refractivity contribution is 9.10. The summed E-state index contributed by atoms with van der Waals surface area (Å²) in [6.45, 7) is 4.95. The largest absolute Gasteiger partial charge is 0.490 e. The molecule has 3 rings (SSSR count). The van der Waals surface area contributed by atoms with Gasteiger partial charge >= 0.3 is 5.97 Å². The van der Waals surface area contributed by atoms with Gasteiger partial charge in [-0.05, 0) is 61.4 Å². The third kappa shape index (κ3) is 5.88. The molecule has 0 atom stereocenters. The van der Waals surface area contributed by atoms with E-state index in [0.717, 1.165) is 21.3 Å². The summed E-state index contributed by atoms with van der Waals surface area (Å²) in [6, 6.07) is 14.0. The van der Waals surface area contributed by atoms with Crippen LogP contribution < -0.4 is 14.8 Å². The minimum Gasteiger partial charge on any atom is -0.490 e. The van der Waals surface area contributed by atoms with E-state index in [1.807, 2.05) is 26.0 Å². The Kier molecular flexibility index (Phi) is 8.29. The molecule has 0 heterocycles. The average Bonchev–Trinajstić information content (AvgIpc) is 2.75. The zero-order valence-electron chi connectivity index (χ0n) is 17.5. The Bertz CT molecular complexity index is 1120. The quantitative estimate of drug-likeness (QED) is 0.298. The highest BCUT2D eigenvalue weighted by atomic mass is 79.9. The number of rotatable bonds is 9. The number of hydrogen-bond donors (Lipinski definition) is 2. The lowest BCUT2D eigenvalue weighted by Crippen LogP contribution is -2.06. The maximum absolute atomic E-state index is 11.3. The molecule has 3 aromatic rings. The number of carbonyl (C=O) groups is 1. The maximum atomic E-state index is 11.3. The molecule has 0 saturated carbocycles. The Balaban J connectivity index is 1.81. The molecule has 5 nitrogen and oxygen atoms in total. The van der Waals surface area contributed by atoms with Crippen molar-refractivity contribution in [3.05, 3.63) is 85.3 Å². The summed E-state index contributed by atoms with van der Waals surface area (Å²) < 4.78 is 12.6. The van der Waals surface area contributed by atoms with Crippen molar-refractivity contribution < 1.29 is 19.4 Å². The first-order chi connectivity index (χ1) is 15.3. The number of carboxylic acid groups (broad SMARTS) is 1. The van der Waals surface area contributed by atoms with Gasteiger partial charge in [0, 0.05) is 32.3 Å². The molecule has 0 aliphatic rings. The number of nitrogens with one attached hydrogen (secondary N) is 1. The molecule has 0 aliphatic heterocycles. The topological polar surface area (TPSA) is 67.8 Å². The summed E-state index contributed by atoms with van der Waals surface area (Å²) in [5.74, 6) is 0.183. The van der Waals surface area contributed by atoms with Crippen molar-refractivity contribution in [3.8, 4) is 11.5 Å². The van der Waals surface area contributed by atoms with Gasteiger partial charge in [-0.2, -0.15) is 0 Å². The van der Waals surface area contributed by atoms with Crippen molar-refractivity contribution >= 4 is 50.8 Å². The Morgan fingerprint density at radius 3 is 2.41 bits per heavy atom. The highest BCUT2D eigenvalue weighted by Gasteiger charge is 2.14. The summed E-state index contributed by atoms with van der Waals surface area (Å²) >= 11 is 16.1. The third-order valence-electron chi connectivity index (χ3n) is 4.80. The number of ether oxygens (including phenoxy) is 2. The summed E-state index contributed by atoms with van der Waals surface area (Å²) in [5, 5.41) is 13.6. The van der Waals surface area contributed by atoms with E-state index in [0.29, 0.717) is 40.3 Å². The van der Waals surface area contributed by atoms with Gasteiger partial charge in [0.15, 0.2) is 11.5 Å². The molecule has 0 bridgehead atoms. The number of hydrogen-bond acceptors (Lipinski definition) is 4. The molecule has 0 spiro atoms. The Hall–Kier alpha value is -2.41. The predicted octanol–water partition coefficient (Wildman–Crippen LogP) is 7.35. The number of anilines is 1. The second-order valence-electron chi connectivity index (χ2n) is 7.00. The first-order valence-electron chi connectivity index (χ1n) is 9.88. The van der Waals surface area contributed by atoms with Crippen LogP contribution in [0.3, 0.4) is 0 Å². The zero-order valence-corrected chi connectivity index (χ0v) is 20.6. The third-order valence-corrected chi connectivity index (χ3v) is 6.25. The predicted molar refractivity (Wildman–Crippen MR) is 132 cm³/mol. The van der Waals surface area contributed by atoms with Gasteiger partial charge in [-0.15, -0.1) is 0 Å². The van der Waals surface area contributed by atoms with Gasteiger partial charge < -0.3 is 19.9 Å². The molecule has 2 N–H and O–H groups in total. The molecule has 168 valence electrons. The average molecular weight is 539 g/mol. The standard InChI is InChI=1S/C24H22BrCl2NO4/c1-3-31-22-10-16(12-28-21-9-15(24(29)30)8-7-14(21)2)18(25)11-23(22)32-13-17-19(26)5-4-6-20(17)27/h4-11,28H,3,12-13H2,1-2H3,(H,29,30). The number of aryl methyl sites for hydroxylation is 1. The van der Waals surface area contributed by atoms with Crippen LogP contribution in [0.25, 0.3) is 0 Å². The number of halogens is 3. The van der Waals surface area contributed by atoms with Crippen molar-refractivity contribution in [2.24, 2.45) is 0 Å². The molecule has 8 heteroatoms. The van der Waals surface area contributed by atoms with Crippen LogP contribution in [0.15, 0.2) is 53.0 Å². The summed E-state index contributed by atoms with van der Waals surface area (Å²) in [5.41, 5.74) is 3.57. The number of carboxylic acids is 1. The van der Waals surface area contributed by atoms with E-state index >= 15 is 0 Å². The summed E-state index contributed by atoms with van der Waals surface area (Å²) in [7, 11) is 0. The lowest BCUT2D eigenvalue weighted by atomic mass is 10.1. The monoisotopic (exact) mass is 537 g/mol. The van der Waals surface area contributed by atoms with Crippen LogP contribution in [-0.4, -0.2) is 17.7 Å². The van der Waals surface area contributed by atoms with Crippen molar-refractivity contribution in [2.45, 2.75) is 27.0 Å². The van der Waals surface area contributed by atoms with Crippen LogP contribution >= 0.6 is 39.1 Å². The van der Waals surface area contributed by atoms with Crippen molar-refractivity contribution in [1.29, 1.82) is 0 Å². The van der Waals surface area contributed by atoms with Crippen molar-refractivity contribution in [1.82, 2.24) is 0 Å². The Morgan fingerprint density at radius 2 is 1.75 bits per heavy atom. The second kappa shape index (κ2) is 10.9. The summed E-state index contributed by atoms with van der Waals surface area (Å²) in [4.78, 5) is 11.3. The molecule has 0 radical (unpaired) electrons. The molecular formula is C24H22BrCl2NO4. The normalized spacial score (nSPS) is 10.7. The molecule has 0 saturated heterocycles. The van der Waals surface area contributed by atoms with Crippen molar-refractivity contribution in [3.63, 3.8) is 0 Å². The fraction of sp³-hybridized carbons (Fsp3) is 0.208. The van der Waals surface area contributed by atoms with E-state index in [1.165, 1.54) is 0 Å². The van der Waals surface area contributed by atoms with Gasteiger partial charge in [0.2, 0.25) is 0 Å². The highest BCUT2D eigenvalue weighted by Crippen LogP contribution is 2.36. The van der Waals surface area contributed by atoms with Crippen LogP contribution in [-0.2, 0) is 13.2 Å². The van der Waals surface area contributed by atoms with Crippen molar-refractivity contribution in [2.75, 3.05) is 11.9 Å². The molecule has 0 fully saturated rings. The fourth-order valence-corrected chi connectivity index (χ4v) is 4.02. The number of benzene rings is 3. The van der Waals surface area contributed by atoms with Gasteiger partial charge in [0.1, 0.15) is 6.61 Å². The first kappa shape index (κ1) is 24.2. The van der Waals surface area contributed by atoms with Gasteiger partial charge in [0.05, 0.1) is 12.2 Å². The van der Waals surface area contributed by atoms with Gasteiger partial charge in [-0.1, -0.05) is 51.3 Å². The van der Waals surface area contributed by atoms with Crippen LogP contribution in [0.1, 0.15) is 34.0 Å². The van der Waals surface area contributed by atoms with Gasteiger partial charge in [0.25, 0.3) is 0 Å². The van der Waals surface area contributed by atoms with E-state index in [-0.39, 0.29) is 12.2 Å². The van der Waals surface area contributed by atoms with E-state index in [2.05, 4.69) is 21.2 Å². The first-order valence-corrected chi connectivity index (χ1v) is 11.4. The van der Waals surface area contributed by atoms with Crippen LogP contribution in [0.2, 0.25) is 10.0 Å². The molecule has 3 aromatic carbocycles. The lowest BCUT2D eigenvalue weighted by Gasteiger charge is -2.17. The molecular weight excluding hydrogens is 517 g/mol. The molecule has 0 aromatic heterocycles. The van der Waals surface area contributed by atoms with E-state index in [1.54, 1.807) is 36.4 Å². The fourth-order valence-electron chi connectivity index (χ4n) is 3.05. The second-order valence-corrected chi connectivity index (χ2v) is 8.67. The minimum atomic E-state index is -0.965. The summed E-state index contributed by atoms with van der Waals surface area (Å²) in [6.07, 6.45) is 0. The zero-order chi connectivity index (χ0) is 23.3. The smallest absolute Gasteiger partial charge is 0.335 e. The van der Waals surface area contributed by atoms with Crippen LogP contribution in [0.4, 0.5) is 5.69 Å². The van der Waals surface area contributed by atoms with E-state index in [4.69, 9.17) is 32.7 Å². The minimum absolute atomic E-state index is 0.198. The SMILES string of the molecule is CCOc1cc(CNc2cc(C(=O)O)ccc2C)c(Br)cc1OCc1c(Cl)cccc1Cl. The van der Waals surface area contributed by atoms with Crippen LogP contribution in [0.5, 0.6) is 11.5 Å². The van der Waals surface area contributed by atoms with Gasteiger partial charge in [-0.25, -0.2) is 4.79 Å². The lowest BCUT2D eigenvalue weighted by molar-refractivity contribution is 0.0697. The number of aromatic carboxylic acids is 1. The maximum Gasteiger partial charge on any atom is 0.335 e. The van der Waals surface area contributed by atoms with Crippen LogP contribution in [0, 0.1) is 6.92 Å². The molecule has 0 aliphatic carbocycles. The van der Waals surface area contributed by atoms with E-state index in [9.17, 15) is 9.90 Å². The Labute approximate surface area is 205 Å². The Morgan fingerprint density at radius 1 is 1.06 bits per heavy atom. The molecule has 0 unspecified atom stereocenters.